The number of carbonyl (C=O) groups excluding carboxylic acids is 3. The number of nitrogens with one attached hydrogen (secondary N) is 3. The van der Waals surface area contributed by atoms with Crippen molar-refractivity contribution in [1.29, 1.82) is 0 Å². The van der Waals surface area contributed by atoms with Gasteiger partial charge in [-0.15, -0.1) is 0 Å². The van der Waals surface area contributed by atoms with Gasteiger partial charge in [-0.05, 0) is 48.5 Å². The van der Waals surface area contributed by atoms with Crippen molar-refractivity contribution >= 4 is 23.4 Å². The Morgan fingerprint density at radius 2 is 1.12 bits per heavy atom. The van der Waals surface area contributed by atoms with E-state index < -0.39 is 17.7 Å². The van der Waals surface area contributed by atoms with Gasteiger partial charge in [0.1, 0.15) is 0 Å². The Morgan fingerprint density at radius 1 is 0.606 bits per heavy atom. The van der Waals surface area contributed by atoms with Gasteiger partial charge in [0, 0.05) is 22.4 Å². The third kappa shape index (κ3) is 5.59. The van der Waals surface area contributed by atoms with Crippen LogP contribution in [0.3, 0.4) is 0 Å². The van der Waals surface area contributed by atoms with E-state index >= 15 is 0 Å². The maximum atomic E-state index is 12.7. The summed E-state index contributed by atoms with van der Waals surface area (Å²) in [4.78, 5) is 37.0. The predicted octanol–water partition coefficient (Wildman–Crippen LogP) is 3.04. The van der Waals surface area contributed by atoms with E-state index in [-0.39, 0.29) is 0 Å². The van der Waals surface area contributed by atoms with Crippen molar-refractivity contribution in [3.8, 4) is 17.2 Å². The van der Waals surface area contributed by atoms with Crippen molar-refractivity contribution in [3.05, 3.63) is 83.4 Å². The summed E-state index contributed by atoms with van der Waals surface area (Å²) in [5.74, 6) is -0.244. The van der Waals surface area contributed by atoms with E-state index in [4.69, 9.17) is 14.2 Å². The molecule has 0 spiro atoms. The lowest BCUT2D eigenvalue weighted by molar-refractivity contribution is 0.0846. The first kappa shape index (κ1) is 23.1. The number of rotatable bonds is 7. The fourth-order valence-electron chi connectivity index (χ4n) is 2.97. The number of ether oxygens (including phenoxy) is 3. The summed E-state index contributed by atoms with van der Waals surface area (Å²) in [7, 11) is 4.40. The molecule has 3 amide bonds. The molecule has 0 aliphatic rings. The van der Waals surface area contributed by atoms with Gasteiger partial charge in [0.25, 0.3) is 17.7 Å². The van der Waals surface area contributed by atoms with Crippen molar-refractivity contribution in [1.82, 2.24) is 10.9 Å². The summed E-state index contributed by atoms with van der Waals surface area (Å²) >= 11 is 0. The zero-order chi connectivity index (χ0) is 23.8. The maximum Gasteiger partial charge on any atom is 0.269 e. The lowest BCUT2D eigenvalue weighted by Gasteiger charge is -2.14. The Balaban J connectivity index is 1.64. The average Bonchev–Trinajstić information content (AvgIpc) is 2.86. The summed E-state index contributed by atoms with van der Waals surface area (Å²) in [6, 6.07) is 17.8. The Hall–Kier alpha value is -4.53. The highest BCUT2D eigenvalue weighted by atomic mass is 16.5. The van der Waals surface area contributed by atoms with Crippen LogP contribution < -0.4 is 30.4 Å². The van der Waals surface area contributed by atoms with Crippen LogP contribution in [-0.2, 0) is 0 Å². The van der Waals surface area contributed by atoms with Gasteiger partial charge in [0.05, 0.1) is 21.3 Å². The standard InChI is InChI=1S/C24H23N3O6/c1-31-19-13-17(14-20(32-2)21(19)33-3)22(28)25-18-11-9-16(10-12-18)24(30)27-26-23(29)15-7-5-4-6-8-15/h4-14H,1-3H3,(H,25,28)(H,26,29)(H,27,30). The number of methoxy groups -OCH3 is 3. The van der Waals surface area contributed by atoms with Crippen LogP contribution in [0, 0.1) is 0 Å². The molecule has 0 saturated heterocycles. The minimum Gasteiger partial charge on any atom is -0.493 e. The van der Waals surface area contributed by atoms with Gasteiger partial charge in [-0.3, -0.25) is 25.2 Å². The summed E-state index contributed by atoms with van der Waals surface area (Å²) < 4.78 is 15.8. The zero-order valence-electron chi connectivity index (χ0n) is 18.3. The highest BCUT2D eigenvalue weighted by molar-refractivity contribution is 6.05. The molecule has 3 rings (SSSR count). The molecule has 0 saturated carbocycles. The highest BCUT2D eigenvalue weighted by Crippen LogP contribution is 2.38. The molecule has 3 aromatic carbocycles. The van der Waals surface area contributed by atoms with E-state index in [9.17, 15) is 14.4 Å². The van der Waals surface area contributed by atoms with Crippen LogP contribution in [-0.4, -0.2) is 39.1 Å². The molecule has 0 heterocycles. The fourth-order valence-corrected chi connectivity index (χ4v) is 2.97. The van der Waals surface area contributed by atoms with Crippen LogP contribution in [0.25, 0.3) is 0 Å². The Morgan fingerprint density at radius 3 is 1.61 bits per heavy atom. The summed E-state index contributed by atoms with van der Waals surface area (Å²) in [5, 5.41) is 2.74. The van der Waals surface area contributed by atoms with Gasteiger partial charge in [-0.25, -0.2) is 0 Å². The Labute approximate surface area is 190 Å². The van der Waals surface area contributed by atoms with E-state index in [1.54, 1.807) is 42.5 Å². The molecule has 0 aliphatic heterocycles. The highest BCUT2D eigenvalue weighted by Gasteiger charge is 2.17. The Bertz CT molecular complexity index is 1120. The molecule has 0 bridgehead atoms. The smallest absolute Gasteiger partial charge is 0.269 e. The first-order valence-electron chi connectivity index (χ1n) is 9.84. The van der Waals surface area contributed by atoms with Crippen LogP contribution in [0.15, 0.2) is 66.7 Å². The number of hydrogen-bond acceptors (Lipinski definition) is 6. The first-order valence-corrected chi connectivity index (χ1v) is 9.84. The molecule has 0 unspecified atom stereocenters. The largest absolute Gasteiger partial charge is 0.493 e. The van der Waals surface area contributed by atoms with Gasteiger partial charge in [0.2, 0.25) is 5.75 Å². The van der Waals surface area contributed by atoms with Crippen molar-refractivity contribution < 1.29 is 28.6 Å². The Kier molecular flexibility index (Phi) is 7.48. The normalized spacial score (nSPS) is 10.0. The number of anilines is 1. The second kappa shape index (κ2) is 10.7. The SMILES string of the molecule is COc1cc(C(=O)Nc2ccc(C(=O)NNC(=O)c3ccccc3)cc2)cc(OC)c1OC. The zero-order valence-corrected chi connectivity index (χ0v) is 18.3. The van der Waals surface area contributed by atoms with Crippen LogP contribution in [0.1, 0.15) is 31.1 Å². The van der Waals surface area contributed by atoms with Crippen molar-refractivity contribution in [3.63, 3.8) is 0 Å². The molecule has 9 heteroatoms. The quantitative estimate of drug-likeness (QED) is 0.478. The van der Waals surface area contributed by atoms with Crippen LogP contribution in [0.2, 0.25) is 0 Å². The molecular weight excluding hydrogens is 426 g/mol. The lowest BCUT2D eigenvalue weighted by Crippen LogP contribution is -2.41. The number of hydrogen-bond donors (Lipinski definition) is 3. The molecule has 0 aromatic heterocycles. The summed E-state index contributed by atoms with van der Waals surface area (Å²) in [6.45, 7) is 0. The van der Waals surface area contributed by atoms with E-state index in [1.807, 2.05) is 0 Å². The van der Waals surface area contributed by atoms with Gasteiger partial charge in [0.15, 0.2) is 11.5 Å². The molecule has 0 fully saturated rings. The molecule has 3 N–H and O–H groups in total. The van der Waals surface area contributed by atoms with Crippen molar-refractivity contribution in [2.24, 2.45) is 0 Å². The summed E-state index contributed by atoms with van der Waals surface area (Å²) in [5.41, 5.74) is 6.20. The van der Waals surface area contributed by atoms with Gasteiger partial charge in [-0.1, -0.05) is 18.2 Å². The first-order chi connectivity index (χ1) is 16.0. The monoisotopic (exact) mass is 449 g/mol. The average molecular weight is 449 g/mol. The van der Waals surface area contributed by atoms with E-state index in [1.165, 1.54) is 45.6 Å². The molecule has 0 atom stereocenters. The van der Waals surface area contributed by atoms with Gasteiger partial charge < -0.3 is 19.5 Å². The molecule has 33 heavy (non-hydrogen) atoms. The predicted molar refractivity (Wildman–Crippen MR) is 122 cm³/mol. The van der Waals surface area contributed by atoms with Crippen LogP contribution in [0.5, 0.6) is 17.2 Å². The summed E-state index contributed by atoms with van der Waals surface area (Å²) in [6.07, 6.45) is 0. The fraction of sp³-hybridized carbons (Fsp3) is 0.125. The second-order valence-electron chi connectivity index (χ2n) is 6.72. The number of hydrazine groups is 1. The van der Waals surface area contributed by atoms with E-state index in [0.29, 0.717) is 39.6 Å². The van der Waals surface area contributed by atoms with Crippen LogP contribution >= 0.6 is 0 Å². The molecule has 3 aromatic rings. The molecule has 0 radical (unpaired) electrons. The van der Waals surface area contributed by atoms with Crippen LogP contribution in [0.4, 0.5) is 5.69 Å². The third-order valence-electron chi connectivity index (χ3n) is 4.66. The van der Waals surface area contributed by atoms with Crippen molar-refractivity contribution in [2.45, 2.75) is 0 Å². The topological polar surface area (TPSA) is 115 Å². The van der Waals surface area contributed by atoms with E-state index in [0.717, 1.165) is 0 Å². The molecule has 0 aliphatic carbocycles. The molecular formula is C24H23N3O6. The number of benzene rings is 3. The van der Waals surface area contributed by atoms with Gasteiger partial charge >= 0.3 is 0 Å². The number of carbonyl (C=O) groups is 3. The van der Waals surface area contributed by atoms with E-state index in [2.05, 4.69) is 16.2 Å². The van der Waals surface area contributed by atoms with Crippen molar-refractivity contribution in [2.75, 3.05) is 26.6 Å². The van der Waals surface area contributed by atoms with Gasteiger partial charge in [-0.2, -0.15) is 0 Å². The maximum absolute atomic E-state index is 12.7. The third-order valence-corrected chi connectivity index (χ3v) is 4.66. The minimum atomic E-state index is -0.498. The molecule has 9 nitrogen and oxygen atoms in total. The number of amides is 3. The minimum absolute atomic E-state index is 0.300. The second-order valence-corrected chi connectivity index (χ2v) is 6.72. The molecule has 170 valence electrons. The lowest BCUT2D eigenvalue weighted by atomic mass is 10.1.